The van der Waals surface area contributed by atoms with Gasteiger partial charge in [0.2, 0.25) is 21.8 Å². The van der Waals surface area contributed by atoms with Gasteiger partial charge in [0.15, 0.2) is 0 Å². The molecule has 0 aromatic heterocycles. The number of nitrogens with zero attached hydrogens (tertiary/aromatic N) is 1. The van der Waals surface area contributed by atoms with Crippen LogP contribution in [0.2, 0.25) is 5.02 Å². The number of carbonyl (C=O) groups is 2. The van der Waals surface area contributed by atoms with Crippen molar-refractivity contribution < 1.29 is 18.0 Å². The van der Waals surface area contributed by atoms with Gasteiger partial charge < -0.3 is 11.1 Å². The molecule has 0 aliphatic rings. The first kappa shape index (κ1) is 25.4. The number of rotatable bonds is 8. The van der Waals surface area contributed by atoms with Crippen LogP contribution in [-0.4, -0.2) is 31.1 Å². The molecule has 0 unspecified atom stereocenters. The quantitative estimate of drug-likeness (QED) is 0.484. The Balaban J connectivity index is 1.92. The van der Waals surface area contributed by atoms with Gasteiger partial charge in [-0.2, -0.15) is 4.31 Å². The fraction of sp³-hybridized carbons (Fsp3) is 0.200. The molecular formula is C25H26ClN3O4S. The van der Waals surface area contributed by atoms with E-state index in [0.717, 1.165) is 9.87 Å². The van der Waals surface area contributed by atoms with Gasteiger partial charge in [-0.1, -0.05) is 41.4 Å². The van der Waals surface area contributed by atoms with Crippen LogP contribution in [0.1, 0.15) is 32.6 Å². The van der Waals surface area contributed by atoms with E-state index in [9.17, 15) is 18.0 Å². The molecule has 0 saturated carbocycles. The SMILES string of the molecule is Cc1cc(C)c(S(=O)(=O)N(CC(=O)Nc2ccc(C(N)=O)cc2)Cc2ccc(Cl)cc2)c(C)c1. The standard InChI is InChI=1S/C25H26ClN3O4S/c1-16-12-17(2)24(18(3)13-16)34(32,33)29(14-19-4-8-21(26)9-5-19)15-23(30)28-22-10-6-20(7-11-22)25(27)31/h4-13H,14-15H2,1-3H3,(H2,27,31)(H,28,30). The third kappa shape index (κ3) is 6.02. The molecule has 3 N–H and O–H groups in total. The highest BCUT2D eigenvalue weighted by atomic mass is 35.5. The van der Waals surface area contributed by atoms with Crippen LogP contribution in [0.4, 0.5) is 5.69 Å². The van der Waals surface area contributed by atoms with E-state index in [1.807, 2.05) is 6.92 Å². The first-order valence-corrected chi connectivity index (χ1v) is 12.3. The summed E-state index contributed by atoms with van der Waals surface area (Å²) in [5.41, 5.74) is 8.83. The molecule has 0 heterocycles. The molecule has 9 heteroatoms. The van der Waals surface area contributed by atoms with Crippen molar-refractivity contribution in [2.24, 2.45) is 5.73 Å². The summed E-state index contributed by atoms with van der Waals surface area (Å²) in [6.45, 7) is 4.97. The summed E-state index contributed by atoms with van der Waals surface area (Å²) in [6.07, 6.45) is 0. The van der Waals surface area contributed by atoms with Gasteiger partial charge in [-0.05, 0) is 73.9 Å². The third-order valence-electron chi connectivity index (χ3n) is 5.25. The number of nitrogens with two attached hydrogens (primary N) is 1. The van der Waals surface area contributed by atoms with Crippen LogP contribution < -0.4 is 11.1 Å². The predicted molar refractivity (Wildman–Crippen MR) is 133 cm³/mol. The van der Waals surface area contributed by atoms with Gasteiger partial charge >= 0.3 is 0 Å². The number of nitrogens with one attached hydrogen (secondary N) is 1. The minimum Gasteiger partial charge on any atom is -0.366 e. The predicted octanol–water partition coefficient (Wildman–Crippen LogP) is 4.19. The average molecular weight is 500 g/mol. The number of sulfonamides is 1. The highest BCUT2D eigenvalue weighted by molar-refractivity contribution is 7.89. The number of carbonyl (C=O) groups excluding carboxylic acids is 2. The zero-order valence-electron chi connectivity index (χ0n) is 19.1. The average Bonchev–Trinajstić information content (AvgIpc) is 2.74. The number of halogens is 1. The van der Waals surface area contributed by atoms with Gasteiger partial charge in [-0.3, -0.25) is 9.59 Å². The van der Waals surface area contributed by atoms with Crippen LogP contribution in [-0.2, 0) is 21.4 Å². The molecule has 0 atom stereocenters. The molecule has 7 nitrogen and oxygen atoms in total. The zero-order chi connectivity index (χ0) is 25.0. The molecule has 0 aliphatic heterocycles. The minimum absolute atomic E-state index is 0.0136. The van der Waals surface area contributed by atoms with Crippen LogP contribution in [0.3, 0.4) is 0 Å². The molecule has 0 saturated heterocycles. The first-order chi connectivity index (χ1) is 16.0. The third-order valence-corrected chi connectivity index (χ3v) is 7.60. The van der Waals surface area contributed by atoms with E-state index in [4.69, 9.17) is 17.3 Å². The normalized spacial score (nSPS) is 11.4. The lowest BCUT2D eigenvalue weighted by molar-refractivity contribution is -0.116. The maximum Gasteiger partial charge on any atom is 0.248 e. The summed E-state index contributed by atoms with van der Waals surface area (Å²) in [5, 5.41) is 3.21. The van der Waals surface area contributed by atoms with Gasteiger partial charge in [0.05, 0.1) is 11.4 Å². The fourth-order valence-electron chi connectivity index (χ4n) is 3.80. The van der Waals surface area contributed by atoms with Crippen LogP contribution in [0.15, 0.2) is 65.6 Å². The first-order valence-electron chi connectivity index (χ1n) is 10.5. The highest BCUT2D eigenvalue weighted by Crippen LogP contribution is 2.27. The van der Waals surface area contributed by atoms with E-state index in [1.165, 1.54) is 24.3 Å². The van der Waals surface area contributed by atoms with Crippen molar-refractivity contribution >= 4 is 39.1 Å². The van der Waals surface area contributed by atoms with Crippen molar-refractivity contribution in [2.45, 2.75) is 32.2 Å². The van der Waals surface area contributed by atoms with Crippen molar-refractivity contribution in [1.29, 1.82) is 0 Å². The lowest BCUT2D eigenvalue weighted by atomic mass is 10.1. The fourth-order valence-corrected chi connectivity index (χ4v) is 5.72. The molecule has 3 rings (SSSR count). The monoisotopic (exact) mass is 499 g/mol. The molecule has 3 aromatic carbocycles. The zero-order valence-corrected chi connectivity index (χ0v) is 20.7. The van der Waals surface area contributed by atoms with Crippen molar-refractivity contribution in [3.8, 4) is 0 Å². The van der Waals surface area contributed by atoms with E-state index < -0.39 is 28.4 Å². The molecule has 3 aromatic rings. The van der Waals surface area contributed by atoms with E-state index in [1.54, 1.807) is 50.2 Å². The lowest BCUT2D eigenvalue weighted by Gasteiger charge is -2.24. The Morgan fingerprint density at radius 3 is 2.03 bits per heavy atom. The second-order valence-electron chi connectivity index (χ2n) is 8.12. The van der Waals surface area contributed by atoms with E-state index >= 15 is 0 Å². The maximum atomic E-state index is 13.7. The van der Waals surface area contributed by atoms with E-state index in [0.29, 0.717) is 33.0 Å². The van der Waals surface area contributed by atoms with Crippen LogP contribution in [0, 0.1) is 20.8 Å². The highest BCUT2D eigenvalue weighted by Gasteiger charge is 2.30. The number of anilines is 1. The summed E-state index contributed by atoms with van der Waals surface area (Å²) in [4.78, 5) is 24.3. The summed E-state index contributed by atoms with van der Waals surface area (Å²) in [7, 11) is -4.01. The van der Waals surface area contributed by atoms with Crippen molar-refractivity contribution in [3.63, 3.8) is 0 Å². The summed E-state index contributed by atoms with van der Waals surface area (Å²) in [6, 6.07) is 16.4. The molecule has 178 valence electrons. The Labute approximate surface area is 204 Å². The lowest BCUT2D eigenvalue weighted by Crippen LogP contribution is -2.38. The van der Waals surface area contributed by atoms with E-state index in [-0.39, 0.29) is 11.4 Å². The Morgan fingerprint density at radius 2 is 1.50 bits per heavy atom. The molecule has 0 bridgehead atoms. The number of amides is 2. The number of aryl methyl sites for hydroxylation is 3. The largest absolute Gasteiger partial charge is 0.366 e. The molecule has 2 amide bonds. The Bertz CT molecular complexity index is 1300. The summed E-state index contributed by atoms with van der Waals surface area (Å²) < 4.78 is 28.6. The number of benzene rings is 3. The number of hydrogen-bond acceptors (Lipinski definition) is 4. The Hall–Kier alpha value is -3.20. The van der Waals surface area contributed by atoms with Gasteiger partial charge in [-0.25, -0.2) is 8.42 Å². The number of hydrogen-bond donors (Lipinski definition) is 2. The maximum absolute atomic E-state index is 13.7. The molecule has 0 radical (unpaired) electrons. The Morgan fingerprint density at radius 1 is 0.941 bits per heavy atom. The molecule has 0 spiro atoms. The number of primary amides is 1. The summed E-state index contributed by atoms with van der Waals surface area (Å²) in [5.74, 6) is -1.10. The molecule has 0 fully saturated rings. The van der Waals surface area contributed by atoms with Gasteiger partial charge in [0, 0.05) is 22.8 Å². The molecule has 0 aliphatic carbocycles. The minimum atomic E-state index is -4.01. The van der Waals surface area contributed by atoms with Gasteiger partial charge in [0.25, 0.3) is 0 Å². The van der Waals surface area contributed by atoms with Crippen LogP contribution in [0.5, 0.6) is 0 Å². The molecule has 34 heavy (non-hydrogen) atoms. The van der Waals surface area contributed by atoms with E-state index in [2.05, 4.69) is 5.32 Å². The van der Waals surface area contributed by atoms with Crippen LogP contribution in [0.25, 0.3) is 0 Å². The molecular weight excluding hydrogens is 474 g/mol. The van der Waals surface area contributed by atoms with Gasteiger partial charge in [0.1, 0.15) is 0 Å². The van der Waals surface area contributed by atoms with Crippen LogP contribution >= 0.6 is 11.6 Å². The van der Waals surface area contributed by atoms with Crippen molar-refractivity contribution in [3.05, 3.63) is 93.5 Å². The second kappa shape index (κ2) is 10.4. The van der Waals surface area contributed by atoms with Crippen molar-refractivity contribution in [1.82, 2.24) is 4.31 Å². The smallest absolute Gasteiger partial charge is 0.248 e. The van der Waals surface area contributed by atoms with Crippen molar-refractivity contribution in [2.75, 3.05) is 11.9 Å². The topological polar surface area (TPSA) is 110 Å². The summed E-state index contributed by atoms with van der Waals surface area (Å²) >= 11 is 5.97. The second-order valence-corrected chi connectivity index (χ2v) is 10.4. The Kier molecular flexibility index (Phi) is 7.76. The van der Waals surface area contributed by atoms with Gasteiger partial charge in [-0.15, -0.1) is 0 Å².